The molecule has 2 aliphatic heterocycles. The van der Waals surface area contributed by atoms with Crippen molar-refractivity contribution in [3.8, 4) is 5.88 Å². The van der Waals surface area contributed by atoms with E-state index in [1.807, 2.05) is 74.5 Å². The van der Waals surface area contributed by atoms with Crippen LogP contribution in [0, 0.1) is 11.8 Å². The minimum atomic E-state index is -4.14. The second-order valence-corrected chi connectivity index (χ2v) is 15.5. The number of sulfonamides is 1. The number of benzene rings is 3. The number of aliphatic hydroxyl groups is 1. The third-order valence-corrected chi connectivity index (χ3v) is 11.1. The molecule has 1 aromatic heterocycles. The Hall–Kier alpha value is -4.27. The van der Waals surface area contributed by atoms with E-state index in [0.29, 0.717) is 29.6 Å². The summed E-state index contributed by atoms with van der Waals surface area (Å²) in [5.74, 6) is -0.237. The van der Waals surface area contributed by atoms with Crippen LogP contribution in [-0.4, -0.2) is 97.6 Å². The van der Waals surface area contributed by atoms with Gasteiger partial charge in [0, 0.05) is 31.2 Å². The van der Waals surface area contributed by atoms with Crippen LogP contribution >= 0.6 is 0 Å². The lowest BCUT2D eigenvalue weighted by atomic mass is 10.0. The average molecular weight is 719 g/mol. The number of aromatic nitrogens is 1. The number of carbonyl (C=O) groups is 1. The number of nitrogens with zero attached hydrogens (tertiary/aromatic N) is 2. The topological polar surface area (TPSA) is 163 Å². The molecule has 2 fully saturated rings. The van der Waals surface area contributed by atoms with Crippen molar-refractivity contribution in [2.45, 2.75) is 62.5 Å². The standard InChI is InChI=1S/C38H46N4O8S/c1-25(2)22-42(23-34(43)33(19-27-11-7-4-8-12-27)41-38(45)50-35-24-49-37-30(35)16-18-48-37)51(46,47)28-13-14-29-31(36(44)40-32(29)20-28)21-39-17-15-26-9-5-3-6-10-26/h3-14,20-21,25,30,33-35,37,40,43-44H,15-19,22-24H2,1-2H3,(H,41,45)/t30-,33+,34-,35+,37+/m1/s1. The first-order chi connectivity index (χ1) is 24.6. The number of H-pyrrole nitrogens is 1. The number of alkyl carbamates (subject to hydrolysis) is 1. The molecule has 12 nitrogen and oxygen atoms in total. The van der Waals surface area contributed by atoms with Gasteiger partial charge in [0.15, 0.2) is 12.2 Å². The van der Waals surface area contributed by atoms with Crippen LogP contribution in [-0.2, 0) is 37.1 Å². The smallest absolute Gasteiger partial charge is 0.407 e. The average Bonchev–Trinajstić information content (AvgIpc) is 3.82. The molecule has 2 aliphatic rings. The van der Waals surface area contributed by atoms with Crippen LogP contribution in [0.5, 0.6) is 5.88 Å². The summed E-state index contributed by atoms with van der Waals surface area (Å²) in [6.07, 6.45) is 0.434. The maximum atomic E-state index is 14.2. The number of aromatic amines is 1. The fourth-order valence-electron chi connectivity index (χ4n) is 6.65. The molecule has 3 aromatic carbocycles. The van der Waals surface area contributed by atoms with Gasteiger partial charge < -0.3 is 34.7 Å². The first kappa shape index (κ1) is 36.5. The molecule has 4 aromatic rings. The summed E-state index contributed by atoms with van der Waals surface area (Å²) in [4.78, 5) is 20.5. The van der Waals surface area contributed by atoms with Crippen molar-refractivity contribution in [2.75, 3.05) is 32.8 Å². The Balaban J connectivity index is 1.18. The number of amides is 1. The summed E-state index contributed by atoms with van der Waals surface area (Å²) in [5, 5.41) is 25.8. The molecule has 51 heavy (non-hydrogen) atoms. The van der Waals surface area contributed by atoms with Crippen LogP contribution in [0.1, 0.15) is 37.0 Å². The van der Waals surface area contributed by atoms with Crippen molar-refractivity contribution in [2.24, 2.45) is 16.8 Å². The van der Waals surface area contributed by atoms with Gasteiger partial charge in [-0.25, -0.2) is 13.2 Å². The molecule has 13 heteroatoms. The van der Waals surface area contributed by atoms with Gasteiger partial charge in [-0.1, -0.05) is 80.6 Å². The van der Waals surface area contributed by atoms with E-state index >= 15 is 0 Å². The minimum absolute atomic E-state index is 0.00165. The fourth-order valence-corrected chi connectivity index (χ4v) is 8.30. The Morgan fingerprint density at radius 2 is 1.78 bits per heavy atom. The van der Waals surface area contributed by atoms with Gasteiger partial charge in [0.05, 0.1) is 47.3 Å². The summed E-state index contributed by atoms with van der Waals surface area (Å²) in [5.41, 5.74) is 2.91. The second-order valence-electron chi connectivity index (χ2n) is 13.6. The highest BCUT2D eigenvalue weighted by atomic mass is 32.2. The van der Waals surface area contributed by atoms with Crippen molar-refractivity contribution in [3.05, 3.63) is 95.6 Å². The van der Waals surface area contributed by atoms with E-state index in [-0.39, 0.29) is 55.0 Å². The van der Waals surface area contributed by atoms with E-state index in [1.54, 1.807) is 12.3 Å². The van der Waals surface area contributed by atoms with E-state index in [0.717, 1.165) is 24.0 Å². The summed E-state index contributed by atoms with van der Waals surface area (Å²) in [6.45, 7) is 4.91. The van der Waals surface area contributed by atoms with Gasteiger partial charge in [-0.3, -0.25) is 4.99 Å². The number of nitrogens with one attached hydrogen (secondary N) is 2. The van der Waals surface area contributed by atoms with Gasteiger partial charge in [-0.05, 0) is 48.4 Å². The molecule has 0 bridgehead atoms. The molecular weight excluding hydrogens is 673 g/mol. The molecule has 0 saturated carbocycles. The zero-order valence-electron chi connectivity index (χ0n) is 28.9. The molecule has 0 spiro atoms. The number of aliphatic imine (C=N–C) groups is 1. The van der Waals surface area contributed by atoms with Crippen LogP contribution in [0.2, 0.25) is 0 Å². The maximum Gasteiger partial charge on any atom is 0.407 e. The molecule has 4 N–H and O–H groups in total. The summed E-state index contributed by atoms with van der Waals surface area (Å²) in [6, 6.07) is 23.1. The first-order valence-electron chi connectivity index (χ1n) is 17.4. The Bertz CT molecular complexity index is 1900. The number of ether oxygens (including phenoxy) is 3. The third kappa shape index (κ3) is 8.97. The Labute approximate surface area is 298 Å². The maximum absolute atomic E-state index is 14.2. The van der Waals surface area contributed by atoms with Crippen molar-refractivity contribution in [1.29, 1.82) is 0 Å². The molecule has 3 heterocycles. The number of hydrogen-bond donors (Lipinski definition) is 4. The lowest BCUT2D eigenvalue weighted by molar-refractivity contribution is -0.0907. The van der Waals surface area contributed by atoms with Gasteiger partial charge in [-0.15, -0.1) is 0 Å². The lowest BCUT2D eigenvalue weighted by Crippen LogP contribution is -2.51. The normalized spacial score (nSPS) is 20.3. The van der Waals surface area contributed by atoms with Gasteiger partial charge >= 0.3 is 6.09 Å². The quantitative estimate of drug-likeness (QED) is 0.129. The van der Waals surface area contributed by atoms with Crippen LogP contribution < -0.4 is 5.32 Å². The number of fused-ring (bicyclic) bond motifs is 2. The van der Waals surface area contributed by atoms with Crippen molar-refractivity contribution in [3.63, 3.8) is 0 Å². The predicted octanol–water partition coefficient (Wildman–Crippen LogP) is 4.64. The van der Waals surface area contributed by atoms with Crippen LogP contribution in [0.4, 0.5) is 4.79 Å². The van der Waals surface area contributed by atoms with Crippen LogP contribution in [0.15, 0.2) is 88.8 Å². The minimum Gasteiger partial charge on any atom is -0.494 e. The van der Waals surface area contributed by atoms with Gasteiger partial charge in [0.1, 0.15) is 6.10 Å². The summed E-state index contributed by atoms with van der Waals surface area (Å²) < 4.78 is 46.5. The van der Waals surface area contributed by atoms with E-state index in [2.05, 4.69) is 15.3 Å². The Kier molecular flexibility index (Phi) is 11.7. The number of aromatic hydroxyl groups is 1. The number of hydrogen-bond acceptors (Lipinski definition) is 9. The molecule has 2 saturated heterocycles. The van der Waals surface area contributed by atoms with Crippen molar-refractivity contribution >= 4 is 33.2 Å². The van der Waals surface area contributed by atoms with E-state index in [1.165, 1.54) is 16.4 Å². The van der Waals surface area contributed by atoms with Gasteiger partial charge in [-0.2, -0.15) is 4.31 Å². The first-order valence-corrected chi connectivity index (χ1v) is 18.8. The van der Waals surface area contributed by atoms with E-state index in [9.17, 15) is 23.4 Å². The SMILES string of the molecule is CC(C)CN(C[C@@H](O)[C@H](Cc1ccccc1)NC(=O)O[C@H]1CO[C@@H]2OCC[C@@H]21)S(=O)(=O)c1ccc2c(C=NCCc3ccccc3)c(O)[nH]c2c1. The molecule has 272 valence electrons. The highest BCUT2D eigenvalue weighted by molar-refractivity contribution is 7.89. The Morgan fingerprint density at radius 1 is 1.06 bits per heavy atom. The van der Waals surface area contributed by atoms with Crippen molar-refractivity contribution < 1.29 is 37.6 Å². The number of aliphatic hydroxyl groups excluding tert-OH is 1. The highest BCUT2D eigenvalue weighted by Crippen LogP contribution is 2.33. The zero-order valence-corrected chi connectivity index (χ0v) is 29.7. The van der Waals surface area contributed by atoms with E-state index < -0.39 is 34.4 Å². The summed E-state index contributed by atoms with van der Waals surface area (Å²) in [7, 11) is -4.14. The number of rotatable bonds is 15. The zero-order chi connectivity index (χ0) is 36.0. The fraction of sp³-hybridized carbons (Fsp3) is 0.421. The molecule has 5 atom stereocenters. The van der Waals surface area contributed by atoms with Gasteiger partial charge in [0.2, 0.25) is 10.0 Å². The second kappa shape index (κ2) is 16.4. The molecular formula is C38H46N4O8S. The molecule has 0 radical (unpaired) electrons. The molecule has 0 aliphatic carbocycles. The van der Waals surface area contributed by atoms with Crippen LogP contribution in [0.25, 0.3) is 10.9 Å². The number of carbonyl (C=O) groups excluding carboxylic acids is 1. The molecule has 1 amide bonds. The van der Waals surface area contributed by atoms with E-state index in [4.69, 9.17) is 14.2 Å². The van der Waals surface area contributed by atoms with Gasteiger partial charge in [0.25, 0.3) is 0 Å². The predicted molar refractivity (Wildman–Crippen MR) is 193 cm³/mol. The van der Waals surface area contributed by atoms with Crippen LogP contribution in [0.3, 0.4) is 0 Å². The molecule has 6 rings (SSSR count). The lowest BCUT2D eigenvalue weighted by Gasteiger charge is -2.31. The largest absolute Gasteiger partial charge is 0.494 e. The third-order valence-electron chi connectivity index (χ3n) is 9.29. The summed E-state index contributed by atoms with van der Waals surface area (Å²) >= 11 is 0. The van der Waals surface area contributed by atoms with Crippen molar-refractivity contribution in [1.82, 2.24) is 14.6 Å². The highest BCUT2D eigenvalue weighted by Gasteiger charge is 2.44. The Morgan fingerprint density at radius 3 is 2.51 bits per heavy atom. The monoisotopic (exact) mass is 718 g/mol. The molecule has 0 unspecified atom stereocenters.